The molecule has 5 heteroatoms. The molecule has 2 rings (SSSR count). The van der Waals surface area contributed by atoms with Gasteiger partial charge in [0, 0.05) is 0 Å². The largest absolute Gasteiger partial charge is 0.442 e. The number of sulfone groups is 1. The van der Waals surface area contributed by atoms with Crippen molar-refractivity contribution in [2.24, 2.45) is 0 Å². The summed E-state index contributed by atoms with van der Waals surface area (Å²) in [7, 11) is -3.71. The van der Waals surface area contributed by atoms with Gasteiger partial charge in [-0.2, -0.15) is 0 Å². The van der Waals surface area contributed by atoms with Crippen molar-refractivity contribution in [3.05, 3.63) is 47.2 Å². The molecule has 0 spiro atoms. The highest BCUT2D eigenvalue weighted by Gasteiger charge is 2.24. The van der Waals surface area contributed by atoms with E-state index in [2.05, 4.69) is 0 Å². The van der Waals surface area contributed by atoms with Crippen LogP contribution in [0.1, 0.15) is 21.7 Å². The van der Waals surface area contributed by atoms with Crippen molar-refractivity contribution in [3.8, 4) is 0 Å². The zero-order valence-electron chi connectivity index (χ0n) is 10.0. The molecule has 94 valence electrons. The fourth-order valence-corrected chi connectivity index (χ4v) is 3.16. The quantitative estimate of drug-likeness (QED) is 0.799. The number of carbonyl (C=O) groups excluding carboxylic acids is 1. The Balaban J connectivity index is 2.61. The zero-order chi connectivity index (χ0) is 13.3. The fraction of sp³-hybridized carbons (Fsp3) is 0.154. The molecule has 1 heterocycles. The average Bonchev–Trinajstić information content (AvgIpc) is 2.81. The summed E-state index contributed by atoms with van der Waals surface area (Å²) in [6.07, 6.45) is 0.474. The first-order valence-corrected chi connectivity index (χ1v) is 6.81. The number of carbonyl (C=O) groups is 1. The minimum atomic E-state index is -3.71. The Bertz CT molecular complexity index is 696. The number of aldehydes is 1. The molecule has 0 atom stereocenters. The SMILES string of the molecule is Cc1cccc(S(=O)(=O)c2ccc(C=O)o2)c1C. The molecule has 0 bridgehead atoms. The average molecular weight is 264 g/mol. The predicted octanol–water partition coefficient (Wildman–Crippen LogP) is 2.54. The summed E-state index contributed by atoms with van der Waals surface area (Å²) in [4.78, 5) is 10.7. The lowest BCUT2D eigenvalue weighted by molar-refractivity contribution is 0.109. The second kappa shape index (κ2) is 4.42. The van der Waals surface area contributed by atoms with E-state index in [1.807, 2.05) is 13.0 Å². The van der Waals surface area contributed by atoms with Gasteiger partial charge in [-0.3, -0.25) is 4.79 Å². The van der Waals surface area contributed by atoms with Crippen LogP contribution >= 0.6 is 0 Å². The van der Waals surface area contributed by atoms with Gasteiger partial charge < -0.3 is 4.42 Å². The van der Waals surface area contributed by atoms with Crippen LogP contribution in [0, 0.1) is 13.8 Å². The van der Waals surface area contributed by atoms with E-state index in [1.165, 1.54) is 18.2 Å². The van der Waals surface area contributed by atoms with Gasteiger partial charge in [-0.15, -0.1) is 0 Å². The second-order valence-corrected chi connectivity index (χ2v) is 5.83. The van der Waals surface area contributed by atoms with Crippen molar-refractivity contribution in [1.29, 1.82) is 0 Å². The first-order chi connectivity index (χ1) is 8.46. The standard InChI is InChI=1S/C13H12O4S/c1-9-4-3-5-12(10(9)2)18(15,16)13-7-6-11(8-14)17-13/h3-8H,1-2H3. The Morgan fingerprint density at radius 1 is 1.11 bits per heavy atom. The van der Waals surface area contributed by atoms with Crippen LogP contribution in [0.15, 0.2) is 44.7 Å². The third-order valence-corrected chi connectivity index (χ3v) is 4.60. The number of hydrogen-bond donors (Lipinski definition) is 0. The maximum Gasteiger partial charge on any atom is 0.239 e. The summed E-state index contributed by atoms with van der Waals surface area (Å²) in [6.45, 7) is 3.58. The summed E-state index contributed by atoms with van der Waals surface area (Å²) < 4.78 is 29.6. The van der Waals surface area contributed by atoms with E-state index in [1.54, 1.807) is 13.0 Å². The Hall–Kier alpha value is -1.88. The van der Waals surface area contributed by atoms with E-state index in [9.17, 15) is 13.2 Å². The highest BCUT2D eigenvalue weighted by Crippen LogP contribution is 2.26. The van der Waals surface area contributed by atoms with Crippen molar-refractivity contribution >= 4 is 16.1 Å². The summed E-state index contributed by atoms with van der Waals surface area (Å²) in [5.74, 6) is -0.00104. The molecule has 0 N–H and O–H groups in total. The zero-order valence-corrected chi connectivity index (χ0v) is 10.8. The minimum absolute atomic E-state index is 0.00104. The third kappa shape index (κ3) is 1.97. The van der Waals surface area contributed by atoms with Crippen molar-refractivity contribution in [2.45, 2.75) is 23.8 Å². The maximum absolute atomic E-state index is 12.3. The molecule has 1 aromatic heterocycles. The molecule has 1 aromatic carbocycles. The first kappa shape index (κ1) is 12.6. The molecule has 0 saturated carbocycles. The number of aryl methyl sites for hydroxylation is 1. The summed E-state index contributed by atoms with van der Waals surface area (Å²) in [5, 5.41) is -0.210. The fourth-order valence-electron chi connectivity index (χ4n) is 1.67. The summed E-state index contributed by atoms with van der Waals surface area (Å²) >= 11 is 0. The Morgan fingerprint density at radius 2 is 1.83 bits per heavy atom. The highest BCUT2D eigenvalue weighted by atomic mass is 32.2. The van der Waals surface area contributed by atoms with Gasteiger partial charge in [0.05, 0.1) is 4.90 Å². The summed E-state index contributed by atoms with van der Waals surface area (Å²) in [5.41, 5.74) is 1.57. The Labute approximate surface area is 105 Å². The minimum Gasteiger partial charge on any atom is -0.442 e. The van der Waals surface area contributed by atoms with Crippen molar-refractivity contribution in [1.82, 2.24) is 0 Å². The molecule has 0 fully saturated rings. The lowest BCUT2D eigenvalue weighted by atomic mass is 10.1. The number of hydrogen-bond acceptors (Lipinski definition) is 4. The molecule has 0 amide bonds. The lowest BCUT2D eigenvalue weighted by Crippen LogP contribution is -2.04. The van der Waals surface area contributed by atoms with E-state index in [4.69, 9.17) is 4.42 Å². The monoisotopic (exact) mass is 264 g/mol. The van der Waals surface area contributed by atoms with Crippen molar-refractivity contribution in [2.75, 3.05) is 0 Å². The maximum atomic E-state index is 12.3. The van der Waals surface area contributed by atoms with Crippen LogP contribution in [0.25, 0.3) is 0 Å². The van der Waals surface area contributed by atoms with Crippen LogP contribution in [0.5, 0.6) is 0 Å². The molecule has 4 nitrogen and oxygen atoms in total. The molecule has 18 heavy (non-hydrogen) atoms. The molecular formula is C13H12O4S. The topological polar surface area (TPSA) is 64.3 Å². The normalized spacial score (nSPS) is 11.4. The second-order valence-electron chi connectivity index (χ2n) is 3.98. The molecule has 0 aliphatic rings. The van der Waals surface area contributed by atoms with Gasteiger partial charge in [0.25, 0.3) is 0 Å². The van der Waals surface area contributed by atoms with Crippen LogP contribution in [0.3, 0.4) is 0 Å². The van der Waals surface area contributed by atoms with Gasteiger partial charge >= 0.3 is 0 Å². The molecule has 0 aliphatic carbocycles. The highest BCUT2D eigenvalue weighted by molar-refractivity contribution is 7.91. The van der Waals surface area contributed by atoms with Gasteiger partial charge in [0.2, 0.25) is 14.9 Å². The molecule has 0 saturated heterocycles. The van der Waals surface area contributed by atoms with Crippen molar-refractivity contribution in [3.63, 3.8) is 0 Å². The van der Waals surface area contributed by atoms with Gasteiger partial charge in [0.1, 0.15) is 0 Å². The van der Waals surface area contributed by atoms with Crippen LogP contribution < -0.4 is 0 Å². The van der Waals surface area contributed by atoms with Crippen LogP contribution in [0.4, 0.5) is 0 Å². The van der Waals surface area contributed by atoms with Crippen molar-refractivity contribution < 1.29 is 17.6 Å². The van der Waals surface area contributed by atoms with Crippen LogP contribution in [-0.2, 0) is 9.84 Å². The molecule has 2 aromatic rings. The smallest absolute Gasteiger partial charge is 0.239 e. The lowest BCUT2D eigenvalue weighted by Gasteiger charge is -2.07. The molecular weight excluding hydrogens is 252 g/mol. The number of benzene rings is 1. The van der Waals surface area contributed by atoms with E-state index in [0.29, 0.717) is 11.8 Å². The van der Waals surface area contributed by atoms with E-state index < -0.39 is 9.84 Å². The van der Waals surface area contributed by atoms with E-state index >= 15 is 0 Å². The molecule has 0 radical (unpaired) electrons. The van der Waals surface area contributed by atoms with Crippen LogP contribution in [-0.4, -0.2) is 14.7 Å². The van der Waals surface area contributed by atoms with Gasteiger partial charge in [-0.25, -0.2) is 8.42 Å². The van der Waals surface area contributed by atoms with E-state index in [0.717, 1.165) is 5.56 Å². The first-order valence-electron chi connectivity index (χ1n) is 5.33. The molecule has 0 unspecified atom stereocenters. The van der Waals surface area contributed by atoms with Gasteiger partial charge in [-0.1, -0.05) is 12.1 Å². The Morgan fingerprint density at radius 3 is 2.44 bits per heavy atom. The summed E-state index contributed by atoms with van der Waals surface area (Å²) in [6, 6.07) is 7.68. The third-order valence-electron chi connectivity index (χ3n) is 2.83. The number of furan rings is 1. The van der Waals surface area contributed by atoms with Crippen LogP contribution in [0.2, 0.25) is 0 Å². The Kier molecular flexibility index (Phi) is 3.09. The number of rotatable bonds is 3. The molecule has 0 aliphatic heterocycles. The predicted molar refractivity (Wildman–Crippen MR) is 65.5 cm³/mol. The van der Waals surface area contributed by atoms with Gasteiger partial charge in [-0.05, 0) is 43.2 Å². The van der Waals surface area contributed by atoms with Gasteiger partial charge in [0.15, 0.2) is 12.0 Å². The van der Waals surface area contributed by atoms with E-state index in [-0.39, 0.29) is 15.7 Å².